The Hall–Kier alpha value is -1.71. The van der Waals surface area contributed by atoms with E-state index < -0.39 is 11.4 Å². The third kappa shape index (κ3) is 3.40. The van der Waals surface area contributed by atoms with E-state index in [4.69, 9.17) is 5.11 Å². The number of carbonyl (C=O) groups excluding carboxylic acids is 1. The molecule has 0 bridgehead atoms. The summed E-state index contributed by atoms with van der Waals surface area (Å²) in [5.41, 5.74) is 0.0511. The third-order valence-corrected chi connectivity index (χ3v) is 3.89. The van der Waals surface area contributed by atoms with Gasteiger partial charge in [-0.2, -0.15) is 0 Å². The van der Waals surface area contributed by atoms with Gasteiger partial charge in [0.05, 0.1) is 6.42 Å². The fourth-order valence-electron chi connectivity index (χ4n) is 2.94. The maximum absolute atomic E-state index is 12.8. The van der Waals surface area contributed by atoms with E-state index in [1.165, 1.54) is 24.3 Å². The number of carboxylic acid groups (broad SMARTS) is 1. The molecule has 1 N–H and O–H groups in total. The van der Waals surface area contributed by atoms with E-state index in [9.17, 15) is 14.0 Å². The van der Waals surface area contributed by atoms with Crippen LogP contribution in [0.2, 0.25) is 0 Å². The van der Waals surface area contributed by atoms with E-state index in [1.54, 1.807) is 0 Å². The van der Waals surface area contributed by atoms with E-state index in [0.29, 0.717) is 5.56 Å². The first-order chi connectivity index (χ1) is 9.01. The summed E-state index contributed by atoms with van der Waals surface area (Å²) in [5.74, 6) is -1.32. The number of hydrogen-bond donors (Lipinski definition) is 1. The predicted molar refractivity (Wildman–Crippen MR) is 68.5 cm³/mol. The molecule has 1 fully saturated rings. The lowest BCUT2D eigenvalue weighted by atomic mass is 9.77. The molecule has 4 heteroatoms. The molecule has 0 atom stereocenters. The summed E-state index contributed by atoms with van der Waals surface area (Å²) in [6.45, 7) is 0. The molecule has 0 radical (unpaired) electrons. The van der Waals surface area contributed by atoms with Crippen LogP contribution in [0.3, 0.4) is 0 Å². The van der Waals surface area contributed by atoms with Gasteiger partial charge >= 0.3 is 5.97 Å². The molecule has 1 saturated carbocycles. The Bertz CT molecular complexity index is 473. The maximum atomic E-state index is 12.8. The summed E-state index contributed by atoms with van der Waals surface area (Å²) in [5, 5.41) is 9.00. The van der Waals surface area contributed by atoms with Crippen LogP contribution in [0.5, 0.6) is 0 Å². The molecule has 1 aromatic carbocycles. The van der Waals surface area contributed by atoms with Crippen molar-refractivity contribution < 1.29 is 19.1 Å². The van der Waals surface area contributed by atoms with Crippen LogP contribution in [0.25, 0.3) is 0 Å². The van der Waals surface area contributed by atoms with Gasteiger partial charge in [0, 0.05) is 12.0 Å². The predicted octanol–water partition coefficient (Wildman–Crippen LogP) is 3.43. The van der Waals surface area contributed by atoms with Crippen LogP contribution >= 0.6 is 0 Å². The van der Waals surface area contributed by atoms with E-state index >= 15 is 0 Å². The van der Waals surface area contributed by atoms with Crippen molar-refractivity contribution in [3.05, 3.63) is 35.6 Å². The fraction of sp³-hybridized carbons (Fsp3) is 0.467. The zero-order chi connectivity index (χ0) is 13.9. The second-order valence-corrected chi connectivity index (χ2v) is 5.38. The van der Waals surface area contributed by atoms with Crippen LogP contribution in [0.4, 0.5) is 4.39 Å². The second-order valence-electron chi connectivity index (χ2n) is 5.38. The van der Waals surface area contributed by atoms with Crippen molar-refractivity contribution >= 4 is 11.8 Å². The third-order valence-electron chi connectivity index (χ3n) is 3.89. The molecule has 0 heterocycles. The largest absolute Gasteiger partial charge is 0.481 e. The van der Waals surface area contributed by atoms with Crippen molar-refractivity contribution in [2.75, 3.05) is 0 Å². The maximum Gasteiger partial charge on any atom is 0.303 e. The van der Waals surface area contributed by atoms with Crippen molar-refractivity contribution in [2.24, 2.45) is 5.41 Å². The normalized spacial score (nSPS) is 17.3. The molecule has 19 heavy (non-hydrogen) atoms. The minimum absolute atomic E-state index is 0.0416. The molecule has 0 aliphatic heterocycles. The van der Waals surface area contributed by atoms with Crippen molar-refractivity contribution in [2.45, 2.75) is 38.5 Å². The van der Waals surface area contributed by atoms with Crippen LogP contribution in [-0.2, 0) is 4.79 Å². The molecule has 3 nitrogen and oxygen atoms in total. The lowest BCUT2D eigenvalue weighted by Gasteiger charge is -2.26. The number of benzene rings is 1. The Morgan fingerprint density at radius 1 is 1.11 bits per heavy atom. The lowest BCUT2D eigenvalue weighted by molar-refractivity contribution is -0.139. The highest BCUT2D eigenvalue weighted by Crippen LogP contribution is 2.44. The highest BCUT2D eigenvalue weighted by Gasteiger charge is 2.38. The Morgan fingerprint density at radius 3 is 2.21 bits per heavy atom. The van der Waals surface area contributed by atoms with Crippen LogP contribution in [0.15, 0.2) is 24.3 Å². The van der Waals surface area contributed by atoms with Gasteiger partial charge in [-0.05, 0) is 42.5 Å². The van der Waals surface area contributed by atoms with Crippen LogP contribution in [-0.4, -0.2) is 16.9 Å². The Kier molecular flexibility index (Phi) is 3.98. The van der Waals surface area contributed by atoms with E-state index in [-0.39, 0.29) is 24.4 Å². The minimum atomic E-state index is -0.853. The molecule has 0 aromatic heterocycles. The number of aliphatic carboxylic acids is 1. The molecule has 0 spiro atoms. The summed E-state index contributed by atoms with van der Waals surface area (Å²) in [6, 6.07) is 5.43. The Balaban J connectivity index is 2.11. The first kappa shape index (κ1) is 13.7. The Labute approximate surface area is 111 Å². The number of carboxylic acids is 1. The molecule has 0 amide bonds. The van der Waals surface area contributed by atoms with Crippen molar-refractivity contribution in [1.82, 2.24) is 0 Å². The standard InChI is InChI=1S/C15H17FO3/c16-12-5-3-11(4-6-12)13(17)9-15(10-14(18)19)7-1-2-8-15/h3-6H,1-2,7-10H2,(H,18,19). The number of Topliss-reactive ketones (excluding diaryl/α,β-unsaturated/α-hetero) is 1. The average molecular weight is 264 g/mol. The molecule has 2 rings (SSSR count). The number of rotatable bonds is 5. The Morgan fingerprint density at radius 2 is 1.68 bits per heavy atom. The van der Waals surface area contributed by atoms with Crippen molar-refractivity contribution in [1.29, 1.82) is 0 Å². The quantitative estimate of drug-likeness (QED) is 0.829. The summed E-state index contributed by atoms with van der Waals surface area (Å²) in [7, 11) is 0. The summed E-state index contributed by atoms with van der Waals surface area (Å²) in [4.78, 5) is 23.1. The highest BCUT2D eigenvalue weighted by atomic mass is 19.1. The monoisotopic (exact) mass is 264 g/mol. The molecule has 102 valence electrons. The van der Waals surface area contributed by atoms with Gasteiger partial charge in [-0.1, -0.05) is 12.8 Å². The number of carbonyl (C=O) groups is 2. The number of hydrogen-bond acceptors (Lipinski definition) is 2. The minimum Gasteiger partial charge on any atom is -0.481 e. The van der Waals surface area contributed by atoms with Gasteiger partial charge in [0.1, 0.15) is 5.82 Å². The fourth-order valence-corrected chi connectivity index (χ4v) is 2.94. The summed E-state index contributed by atoms with van der Waals surface area (Å²) in [6.07, 6.45) is 3.80. The first-order valence-corrected chi connectivity index (χ1v) is 6.51. The molecule has 0 saturated heterocycles. The molecule has 1 aliphatic carbocycles. The second kappa shape index (κ2) is 5.51. The van der Waals surface area contributed by atoms with E-state index in [0.717, 1.165) is 25.7 Å². The highest BCUT2D eigenvalue weighted by molar-refractivity contribution is 5.96. The SMILES string of the molecule is O=C(O)CC1(CC(=O)c2ccc(F)cc2)CCCC1. The topological polar surface area (TPSA) is 54.4 Å². The van der Waals surface area contributed by atoms with Gasteiger partial charge < -0.3 is 5.11 Å². The van der Waals surface area contributed by atoms with Crippen LogP contribution < -0.4 is 0 Å². The zero-order valence-corrected chi connectivity index (χ0v) is 10.7. The average Bonchev–Trinajstić information content (AvgIpc) is 2.77. The summed E-state index contributed by atoms with van der Waals surface area (Å²) >= 11 is 0. The molecule has 1 aromatic rings. The van der Waals surface area contributed by atoms with Gasteiger partial charge in [0.2, 0.25) is 0 Å². The van der Waals surface area contributed by atoms with Gasteiger partial charge in [-0.15, -0.1) is 0 Å². The molecule has 1 aliphatic rings. The van der Waals surface area contributed by atoms with E-state index in [2.05, 4.69) is 0 Å². The lowest BCUT2D eigenvalue weighted by Crippen LogP contribution is -2.24. The smallest absolute Gasteiger partial charge is 0.303 e. The molecule has 0 unspecified atom stereocenters. The van der Waals surface area contributed by atoms with Crippen molar-refractivity contribution in [3.8, 4) is 0 Å². The van der Waals surface area contributed by atoms with Gasteiger partial charge in [0.25, 0.3) is 0 Å². The van der Waals surface area contributed by atoms with Crippen molar-refractivity contribution in [3.63, 3.8) is 0 Å². The van der Waals surface area contributed by atoms with Gasteiger partial charge in [0.15, 0.2) is 5.78 Å². The number of ketones is 1. The molecular weight excluding hydrogens is 247 g/mol. The van der Waals surface area contributed by atoms with Crippen LogP contribution in [0.1, 0.15) is 48.9 Å². The van der Waals surface area contributed by atoms with E-state index in [1.807, 2.05) is 0 Å². The molecular formula is C15H17FO3. The number of halogens is 1. The van der Waals surface area contributed by atoms with Gasteiger partial charge in [-0.25, -0.2) is 4.39 Å². The zero-order valence-electron chi connectivity index (χ0n) is 10.7. The van der Waals surface area contributed by atoms with Crippen LogP contribution in [0, 0.1) is 11.2 Å². The summed E-state index contributed by atoms with van der Waals surface area (Å²) < 4.78 is 12.8. The van der Waals surface area contributed by atoms with Gasteiger partial charge in [-0.3, -0.25) is 9.59 Å². The first-order valence-electron chi connectivity index (χ1n) is 6.51.